The molecule has 0 heterocycles. The number of hydrogen-bond donors (Lipinski definition) is 3. The quantitative estimate of drug-likeness (QED) is 0.173. The third kappa shape index (κ3) is 7.98. The Kier molecular flexibility index (Phi) is 10.5. The highest BCUT2D eigenvalue weighted by molar-refractivity contribution is 7.81. The topological polar surface area (TPSA) is 191 Å². The van der Waals surface area contributed by atoms with E-state index in [-0.39, 0.29) is 41.4 Å². The van der Waals surface area contributed by atoms with E-state index in [0.717, 1.165) is 38.5 Å². The molecule has 3 N–H and O–H groups in total. The molecule has 4 aliphatic carbocycles. The number of allylic oxidation sites excluding steroid dienone is 2. The normalized spacial score (nSPS) is 40.4. The van der Waals surface area contributed by atoms with E-state index in [0.29, 0.717) is 18.3 Å². The van der Waals surface area contributed by atoms with E-state index in [9.17, 15) is 38.9 Å². The summed E-state index contributed by atoms with van der Waals surface area (Å²) in [6, 6.07) is 0. The van der Waals surface area contributed by atoms with E-state index >= 15 is 0 Å². The standard InChI is InChI=1S/C30H52O12S3/c1-8-28(4,5)19(3)10-9-18(2)21-11-12-22-20-15-25(40-43(31,32)33)24-16-26(41-44(34,35)36)27(42-45(37,38)39)17-30(24,7)23(20)13-14-29(21,22)6/h10,18,20-27H,8-9,11-17H2,1-7H3,(H,31,32,33)(H,34,35,36)(H,37,38,39)/b19-10+/t18-,20+,21-,22+,23+,24-,25+,26+,27+,29-,30-/m1/s1. The highest BCUT2D eigenvalue weighted by atomic mass is 32.3. The minimum Gasteiger partial charge on any atom is -0.264 e. The summed E-state index contributed by atoms with van der Waals surface area (Å²) in [6.07, 6.45) is 3.92. The molecule has 11 atom stereocenters. The first kappa shape index (κ1) is 37.2. The van der Waals surface area contributed by atoms with Crippen molar-refractivity contribution in [2.24, 2.45) is 51.8 Å². The molecule has 0 aliphatic heterocycles. The van der Waals surface area contributed by atoms with Gasteiger partial charge >= 0.3 is 31.2 Å². The van der Waals surface area contributed by atoms with Gasteiger partial charge in [-0.15, -0.1) is 0 Å². The fourth-order valence-electron chi connectivity index (χ4n) is 10.1. The average Bonchev–Trinajstić information content (AvgIpc) is 3.23. The van der Waals surface area contributed by atoms with Gasteiger partial charge in [0.15, 0.2) is 0 Å². The zero-order valence-corrected chi connectivity index (χ0v) is 29.8. The van der Waals surface area contributed by atoms with Gasteiger partial charge in [-0.2, -0.15) is 25.3 Å². The second-order valence-electron chi connectivity index (χ2n) is 15.4. The number of hydrogen-bond acceptors (Lipinski definition) is 9. The van der Waals surface area contributed by atoms with Gasteiger partial charge in [-0.3, -0.25) is 13.7 Å². The molecule has 4 fully saturated rings. The lowest BCUT2D eigenvalue weighted by molar-refractivity contribution is -0.183. The molecule has 0 aromatic heterocycles. The first-order chi connectivity index (χ1) is 20.4. The molecule has 0 bridgehead atoms. The van der Waals surface area contributed by atoms with Gasteiger partial charge in [0, 0.05) is 0 Å². The molecule has 0 radical (unpaired) electrons. The van der Waals surface area contributed by atoms with Crippen molar-refractivity contribution >= 4 is 31.2 Å². The molecule has 4 aliphatic rings. The van der Waals surface area contributed by atoms with Crippen LogP contribution >= 0.6 is 0 Å². The van der Waals surface area contributed by atoms with Crippen LogP contribution < -0.4 is 0 Å². The van der Waals surface area contributed by atoms with Gasteiger partial charge in [-0.25, -0.2) is 12.5 Å². The summed E-state index contributed by atoms with van der Waals surface area (Å²) in [7, 11) is -15.0. The maximum absolute atomic E-state index is 12.1. The molecule has 0 spiro atoms. The molecule has 262 valence electrons. The fraction of sp³-hybridized carbons (Fsp3) is 0.933. The van der Waals surface area contributed by atoms with E-state index in [1.54, 1.807) is 0 Å². The smallest absolute Gasteiger partial charge is 0.264 e. The Bertz CT molecular complexity index is 1460. The Hall–Kier alpha value is -0.650. The van der Waals surface area contributed by atoms with Gasteiger partial charge < -0.3 is 0 Å². The zero-order chi connectivity index (χ0) is 34.0. The molecule has 0 aromatic carbocycles. The molecule has 4 saturated carbocycles. The highest BCUT2D eigenvalue weighted by Gasteiger charge is 2.65. The maximum Gasteiger partial charge on any atom is 0.397 e. The van der Waals surface area contributed by atoms with Gasteiger partial charge in [-0.1, -0.05) is 53.2 Å². The first-order valence-electron chi connectivity index (χ1n) is 16.0. The van der Waals surface area contributed by atoms with Crippen molar-refractivity contribution in [3.63, 3.8) is 0 Å². The minimum absolute atomic E-state index is 0.0179. The Balaban J connectivity index is 1.67. The second-order valence-corrected chi connectivity index (χ2v) is 18.6. The van der Waals surface area contributed by atoms with Crippen LogP contribution in [0.3, 0.4) is 0 Å². The number of rotatable bonds is 11. The van der Waals surface area contributed by atoms with Gasteiger partial charge in [0.2, 0.25) is 0 Å². The van der Waals surface area contributed by atoms with Crippen LogP contribution in [0.5, 0.6) is 0 Å². The highest BCUT2D eigenvalue weighted by Crippen LogP contribution is 2.69. The predicted octanol–water partition coefficient (Wildman–Crippen LogP) is 5.84. The molecular formula is C30H52O12S3. The van der Waals surface area contributed by atoms with Crippen molar-refractivity contribution in [1.29, 1.82) is 0 Å². The van der Waals surface area contributed by atoms with E-state index in [2.05, 4.69) is 47.6 Å². The first-order valence-corrected chi connectivity index (χ1v) is 20.1. The molecule has 0 aromatic rings. The van der Waals surface area contributed by atoms with Gasteiger partial charge in [-0.05, 0) is 116 Å². The van der Waals surface area contributed by atoms with Crippen molar-refractivity contribution < 1.29 is 51.5 Å². The van der Waals surface area contributed by atoms with Crippen LogP contribution in [0, 0.1) is 51.8 Å². The van der Waals surface area contributed by atoms with Crippen LogP contribution in [0.25, 0.3) is 0 Å². The monoisotopic (exact) mass is 700 g/mol. The van der Waals surface area contributed by atoms with Crippen LogP contribution in [0.1, 0.15) is 106 Å². The van der Waals surface area contributed by atoms with Crippen LogP contribution in [0.2, 0.25) is 0 Å². The average molecular weight is 701 g/mol. The van der Waals surface area contributed by atoms with E-state index in [1.807, 2.05) is 6.92 Å². The SMILES string of the molecule is CCC(C)(C)/C(C)=C/C[C@@H](C)[C@H]1CC[C@H]2[C@@H]3C[C@H](OS(=O)(=O)O)[C@H]4C[C@H](OS(=O)(=O)O)[C@@H](OS(=O)(=O)O)C[C@]4(C)[C@H]3CC[C@]12C. The van der Waals surface area contributed by atoms with Crippen LogP contribution in [-0.2, 0) is 43.7 Å². The van der Waals surface area contributed by atoms with Crippen molar-refractivity contribution in [1.82, 2.24) is 0 Å². The van der Waals surface area contributed by atoms with E-state index < -0.39 is 60.8 Å². The summed E-state index contributed by atoms with van der Waals surface area (Å²) in [4.78, 5) is 0. The molecule has 45 heavy (non-hydrogen) atoms. The van der Waals surface area contributed by atoms with E-state index in [4.69, 9.17) is 12.5 Å². The lowest BCUT2D eigenvalue weighted by Gasteiger charge is -2.63. The van der Waals surface area contributed by atoms with Crippen LogP contribution in [-0.4, -0.2) is 57.2 Å². The van der Waals surface area contributed by atoms with Crippen molar-refractivity contribution in [2.75, 3.05) is 0 Å². The zero-order valence-electron chi connectivity index (χ0n) is 27.4. The Morgan fingerprint density at radius 3 is 1.91 bits per heavy atom. The van der Waals surface area contributed by atoms with Gasteiger partial charge in [0.05, 0.1) is 6.10 Å². The minimum atomic E-state index is -5.07. The summed E-state index contributed by atoms with van der Waals surface area (Å²) < 4.78 is 115. The molecule has 0 unspecified atom stereocenters. The summed E-state index contributed by atoms with van der Waals surface area (Å²) in [5.74, 6) is 0.357. The third-order valence-corrected chi connectivity index (χ3v) is 14.3. The largest absolute Gasteiger partial charge is 0.397 e. The van der Waals surface area contributed by atoms with Gasteiger partial charge in [0.25, 0.3) is 0 Å². The number of fused-ring (bicyclic) bond motifs is 5. The Labute approximate surface area is 269 Å². The summed E-state index contributed by atoms with van der Waals surface area (Å²) >= 11 is 0. The Morgan fingerprint density at radius 1 is 0.822 bits per heavy atom. The lowest BCUT2D eigenvalue weighted by Crippen LogP contribution is -2.62. The molecular weight excluding hydrogens is 649 g/mol. The summed E-state index contributed by atoms with van der Waals surface area (Å²) in [6.45, 7) is 15.4. The van der Waals surface area contributed by atoms with Crippen molar-refractivity contribution in [3.05, 3.63) is 11.6 Å². The summed E-state index contributed by atoms with van der Waals surface area (Å²) in [5, 5.41) is 0. The Morgan fingerprint density at radius 2 is 1.36 bits per heavy atom. The summed E-state index contributed by atoms with van der Waals surface area (Å²) in [5.41, 5.74) is 0.665. The van der Waals surface area contributed by atoms with Crippen LogP contribution in [0.15, 0.2) is 11.6 Å². The van der Waals surface area contributed by atoms with Crippen LogP contribution in [0.4, 0.5) is 0 Å². The van der Waals surface area contributed by atoms with E-state index in [1.165, 1.54) is 5.57 Å². The molecule has 0 amide bonds. The third-order valence-electron chi connectivity index (χ3n) is 12.9. The van der Waals surface area contributed by atoms with Crippen molar-refractivity contribution in [2.45, 2.75) is 125 Å². The molecule has 0 saturated heterocycles. The predicted molar refractivity (Wildman–Crippen MR) is 167 cm³/mol. The maximum atomic E-state index is 12.1. The second kappa shape index (κ2) is 12.7. The van der Waals surface area contributed by atoms with Crippen molar-refractivity contribution in [3.8, 4) is 0 Å². The lowest BCUT2D eigenvalue weighted by atomic mass is 9.43. The molecule has 4 rings (SSSR count). The molecule has 12 nitrogen and oxygen atoms in total. The molecule has 15 heteroatoms. The van der Waals surface area contributed by atoms with Gasteiger partial charge in [0.1, 0.15) is 12.2 Å². The fourth-order valence-corrected chi connectivity index (χ4v) is 11.6.